The smallest absolute Gasteiger partial charge is 0.272 e. The van der Waals surface area contributed by atoms with Gasteiger partial charge in [-0.15, -0.1) is 0 Å². The maximum absolute atomic E-state index is 12.8. The summed E-state index contributed by atoms with van der Waals surface area (Å²) in [7, 11) is 3.17. The Morgan fingerprint density at radius 3 is 2.47 bits per heavy atom. The molecule has 8 nitrogen and oxygen atoms in total. The molecule has 0 bridgehead atoms. The zero-order chi connectivity index (χ0) is 22.2. The van der Waals surface area contributed by atoms with Gasteiger partial charge in [-0.2, -0.15) is 4.98 Å². The Kier molecular flexibility index (Phi) is 5.13. The largest absolute Gasteiger partial charge is 0.493 e. The number of fused-ring (bicyclic) bond motifs is 1. The fourth-order valence-electron chi connectivity index (χ4n) is 4.42. The van der Waals surface area contributed by atoms with E-state index < -0.39 is 0 Å². The van der Waals surface area contributed by atoms with Crippen molar-refractivity contribution >= 4 is 11.0 Å². The molecule has 0 radical (unpaired) electrons. The molecular weight excluding hydrogens is 408 g/mol. The third-order valence-corrected chi connectivity index (χ3v) is 6.06. The van der Waals surface area contributed by atoms with Crippen molar-refractivity contribution in [1.29, 1.82) is 0 Å². The van der Waals surface area contributed by atoms with Crippen LogP contribution in [0.2, 0.25) is 0 Å². The minimum absolute atomic E-state index is 0.00699. The highest BCUT2D eigenvalue weighted by Gasteiger charge is 2.22. The number of benzene rings is 2. The molecule has 0 amide bonds. The molecule has 0 aliphatic heterocycles. The molecule has 32 heavy (non-hydrogen) atoms. The highest BCUT2D eigenvalue weighted by atomic mass is 16.5. The number of aromatic nitrogens is 4. The van der Waals surface area contributed by atoms with Crippen molar-refractivity contribution in [3.63, 3.8) is 0 Å². The molecule has 0 saturated heterocycles. The molecule has 0 atom stereocenters. The van der Waals surface area contributed by atoms with Crippen LogP contribution in [0.15, 0.2) is 45.7 Å². The van der Waals surface area contributed by atoms with E-state index in [9.17, 15) is 4.79 Å². The molecule has 4 aromatic rings. The summed E-state index contributed by atoms with van der Waals surface area (Å²) < 4.78 is 18.1. The Hall–Kier alpha value is -3.68. The van der Waals surface area contributed by atoms with Crippen LogP contribution < -0.4 is 15.0 Å². The van der Waals surface area contributed by atoms with Gasteiger partial charge in [-0.3, -0.25) is 4.79 Å². The highest BCUT2D eigenvalue weighted by Crippen LogP contribution is 2.34. The summed E-state index contributed by atoms with van der Waals surface area (Å²) in [5.41, 5.74) is 3.60. The van der Waals surface area contributed by atoms with Crippen LogP contribution in [0.1, 0.15) is 37.4 Å². The quantitative estimate of drug-likeness (QED) is 0.457. The fraction of sp³-hybridized carbons (Fsp3) is 0.333. The summed E-state index contributed by atoms with van der Waals surface area (Å²) >= 11 is 0. The van der Waals surface area contributed by atoms with Gasteiger partial charge in [0.15, 0.2) is 11.5 Å². The first-order chi connectivity index (χ1) is 15.6. The predicted octanol–water partition coefficient (Wildman–Crippen LogP) is 4.55. The zero-order valence-electron chi connectivity index (χ0n) is 18.3. The van der Waals surface area contributed by atoms with Crippen molar-refractivity contribution in [2.24, 2.45) is 0 Å². The van der Waals surface area contributed by atoms with Gasteiger partial charge in [-0.25, -0.2) is 4.98 Å². The molecule has 5 rings (SSSR count). The Bertz CT molecular complexity index is 1350. The SMILES string of the molecule is COc1ccc(-c2nc(-c3ccc4c(c3)nc(C)c(=O)n4C3CCCC3)no2)cc1OC. The number of ether oxygens (including phenoxy) is 2. The lowest BCUT2D eigenvalue weighted by Gasteiger charge is -2.17. The van der Waals surface area contributed by atoms with E-state index in [1.165, 1.54) is 0 Å². The van der Waals surface area contributed by atoms with E-state index in [-0.39, 0.29) is 11.6 Å². The van der Waals surface area contributed by atoms with E-state index in [1.54, 1.807) is 33.3 Å². The Morgan fingerprint density at radius 1 is 0.969 bits per heavy atom. The van der Waals surface area contributed by atoms with Gasteiger partial charge in [0.05, 0.1) is 25.3 Å². The molecule has 1 saturated carbocycles. The van der Waals surface area contributed by atoms with E-state index in [2.05, 4.69) is 15.1 Å². The van der Waals surface area contributed by atoms with Crippen LogP contribution in [0, 0.1) is 6.92 Å². The van der Waals surface area contributed by atoms with Gasteiger partial charge in [0.1, 0.15) is 5.69 Å². The van der Waals surface area contributed by atoms with Crippen molar-refractivity contribution in [2.45, 2.75) is 38.6 Å². The van der Waals surface area contributed by atoms with Gasteiger partial charge in [0.2, 0.25) is 5.82 Å². The van der Waals surface area contributed by atoms with Gasteiger partial charge in [-0.05, 0) is 56.2 Å². The van der Waals surface area contributed by atoms with E-state index >= 15 is 0 Å². The first-order valence-corrected chi connectivity index (χ1v) is 10.7. The molecule has 0 N–H and O–H groups in total. The van der Waals surface area contributed by atoms with Gasteiger partial charge >= 0.3 is 0 Å². The second kappa shape index (κ2) is 8.11. The van der Waals surface area contributed by atoms with Gasteiger partial charge < -0.3 is 18.6 Å². The van der Waals surface area contributed by atoms with E-state index in [4.69, 9.17) is 14.0 Å². The van der Waals surface area contributed by atoms with Gasteiger partial charge in [-0.1, -0.05) is 18.0 Å². The fourth-order valence-corrected chi connectivity index (χ4v) is 4.42. The Labute approximate surface area is 184 Å². The lowest BCUT2D eigenvalue weighted by Crippen LogP contribution is -2.26. The molecule has 1 aliphatic rings. The third-order valence-electron chi connectivity index (χ3n) is 6.06. The first kappa shape index (κ1) is 20.2. The standard InChI is InChI=1S/C24H24N4O4/c1-14-24(29)28(17-6-4-5-7-17)19-10-8-15(12-18(19)25-14)22-26-23(32-27-22)16-9-11-20(30-2)21(13-16)31-3/h8-13,17H,4-7H2,1-3H3. The molecule has 2 aromatic heterocycles. The van der Waals surface area contributed by atoms with Crippen LogP contribution >= 0.6 is 0 Å². The second-order valence-electron chi connectivity index (χ2n) is 8.01. The minimum Gasteiger partial charge on any atom is -0.493 e. The summed E-state index contributed by atoms with van der Waals surface area (Å²) in [6, 6.07) is 11.4. The third kappa shape index (κ3) is 3.41. The van der Waals surface area contributed by atoms with Crippen molar-refractivity contribution in [1.82, 2.24) is 19.7 Å². The number of nitrogens with zero attached hydrogens (tertiary/aromatic N) is 4. The van der Waals surface area contributed by atoms with Crippen molar-refractivity contribution in [3.8, 4) is 34.3 Å². The lowest BCUT2D eigenvalue weighted by atomic mass is 10.1. The van der Waals surface area contributed by atoms with Crippen LogP contribution in [0.25, 0.3) is 33.9 Å². The predicted molar refractivity (Wildman–Crippen MR) is 120 cm³/mol. The summed E-state index contributed by atoms with van der Waals surface area (Å²) in [6.07, 6.45) is 4.36. The Balaban J connectivity index is 1.54. The average Bonchev–Trinajstić information content (AvgIpc) is 3.52. The molecule has 0 spiro atoms. The van der Waals surface area contributed by atoms with Gasteiger partial charge in [0.25, 0.3) is 11.4 Å². The molecule has 2 heterocycles. The van der Waals surface area contributed by atoms with Crippen LogP contribution in [-0.4, -0.2) is 33.9 Å². The minimum atomic E-state index is -0.00699. The topological polar surface area (TPSA) is 92.3 Å². The molecule has 2 aromatic carbocycles. The first-order valence-electron chi connectivity index (χ1n) is 10.7. The van der Waals surface area contributed by atoms with Crippen LogP contribution in [0.4, 0.5) is 0 Å². The van der Waals surface area contributed by atoms with E-state index in [1.807, 2.05) is 28.8 Å². The van der Waals surface area contributed by atoms with E-state index in [0.29, 0.717) is 28.9 Å². The molecular formula is C24H24N4O4. The van der Waals surface area contributed by atoms with Crippen molar-refractivity contribution in [2.75, 3.05) is 14.2 Å². The Morgan fingerprint density at radius 2 is 1.72 bits per heavy atom. The second-order valence-corrected chi connectivity index (χ2v) is 8.01. The van der Waals surface area contributed by atoms with Crippen molar-refractivity contribution in [3.05, 3.63) is 52.4 Å². The summed E-state index contributed by atoms with van der Waals surface area (Å²) in [4.78, 5) is 21.9. The maximum Gasteiger partial charge on any atom is 0.272 e. The van der Waals surface area contributed by atoms with Crippen LogP contribution in [0.5, 0.6) is 11.5 Å². The highest BCUT2D eigenvalue weighted by molar-refractivity contribution is 5.80. The number of hydrogen-bond donors (Lipinski definition) is 0. The van der Waals surface area contributed by atoms with E-state index in [0.717, 1.165) is 47.8 Å². The molecule has 1 aliphatic carbocycles. The zero-order valence-corrected chi connectivity index (χ0v) is 18.3. The average molecular weight is 432 g/mol. The molecule has 1 fully saturated rings. The normalized spacial score (nSPS) is 14.2. The summed E-state index contributed by atoms with van der Waals surface area (Å²) in [5.74, 6) is 2.04. The molecule has 8 heteroatoms. The monoisotopic (exact) mass is 432 g/mol. The van der Waals surface area contributed by atoms with Crippen LogP contribution in [-0.2, 0) is 0 Å². The number of methoxy groups -OCH3 is 2. The molecule has 164 valence electrons. The van der Waals surface area contributed by atoms with Crippen molar-refractivity contribution < 1.29 is 14.0 Å². The van der Waals surface area contributed by atoms with Crippen LogP contribution in [0.3, 0.4) is 0 Å². The number of rotatable bonds is 5. The number of aryl methyl sites for hydroxylation is 1. The maximum atomic E-state index is 12.8. The summed E-state index contributed by atoms with van der Waals surface area (Å²) in [5, 5.41) is 4.15. The number of hydrogen-bond acceptors (Lipinski definition) is 7. The lowest BCUT2D eigenvalue weighted by molar-refractivity contribution is 0.355. The van der Waals surface area contributed by atoms with Gasteiger partial charge in [0, 0.05) is 17.2 Å². The summed E-state index contributed by atoms with van der Waals surface area (Å²) in [6.45, 7) is 1.77. The molecule has 0 unspecified atom stereocenters.